The lowest BCUT2D eigenvalue weighted by Gasteiger charge is -2.35. The second-order valence-corrected chi connectivity index (χ2v) is 11.8. The predicted molar refractivity (Wildman–Crippen MR) is 144 cm³/mol. The molecule has 1 saturated heterocycles. The molecule has 0 atom stereocenters. The van der Waals surface area contributed by atoms with Gasteiger partial charge in [0.2, 0.25) is 10.1 Å². The number of fused-ring (bicyclic) bond motifs is 1. The van der Waals surface area contributed by atoms with E-state index in [9.17, 15) is 4.79 Å². The number of benzene rings is 1. The van der Waals surface area contributed by atoms with Gasteiger partial charge in [-0.2, -0.15) is 4.52 Å². The molecule has 1 saturated carbocycles. The molecule has 2 amide bonds. The van der Waals surface area contributed by atoms with Crippen LogP contribution in [0, 0.1) is 6.92 Å². The fourth-order valence-corrected chi connectivity index (χ4v) is 5.93. The number of anilines is 2. The molecule has 2 aliphatic rings. The average Bonchev–Trinajstić information content (AvgIpc) is 3.38. The van der Waals surface area contributed by atoms with Gasteiger partial charge in [0.1, 0.15) is 5.69 Å². The molecule has 8 nitrogen and oxygen atoms in total. The Morgan fingerprint density at radius 3 is 2.46 bits per heavy atom. The van der Waals surface area contributed by atoms with E-state index in [0.717, 1.165) is 53.1 Å². The first-order valence-electron chi connectivity index (χ1n) is 12.8. The third-order valence-electron chi connectivity index (χ3n) is 6.86. The van der Waals surface area contributed by atoms with Gasteiger partial charge >= 0.3 is 6.03 Å². The van der Waals surface area contributed by atoms with Gasteiger partial charge in [-0.25, -0.2) is 9.78 Å². The van der Waals surface area contributed by atoms with Crippen LogP contribution in [0.25, 0.3) is 16.2 Å². The topological polar surface area (TPSA) is 77.8 Å². The van der Waals surface area contributed by atoms with Gasteiger partial charge in [-0.15, -0.1) is 5.10 Å². The molecule has 2 N–H and O–H groups in total. The monoisotopic (exact) mass is 495 g/mol. The quantitative estimate of drug-likeness (QED) is 0.524. The second-order valence-electron chi connectivity index (χ2n) is 10.8. The van der Waals surface area contributed by atoms with E-state index in [1.807, 2.05) is 9.42 Å². The highest BCUT2D eigenvalue weighted by Crippen LogP contribution is 2.36. The minimum atomic E-state index is -0.130. The number of piperazine rings is 1. The van der Waals surface area contributed by atoms with Crippen molar-refractivity contribution < 1.29 is 4.79 Å². The summed E-state index contributed by atoms with van der Waals surface area (Å²) in [5, 5.41) is 12.8. The number of rotatable bonds is 4. The Morgan fingerprint density at radius 1 is 1.06 bits per heavy atom. The summed E-state index contributed by atoms with van der Waals surface area (Å²) >= 11 is 1.61. The zero-order valence-corrected chi connectivity index (χ0v) is 22.1. The summed E-state index contributed by atoms with van der Waals surface area (Å²) in [7, 11) is 0. The van der Waals surface area contributed by atoms with E-state index in [0.29, 0.717) is 19.1 Å². The molecular formula is C26H37N7OS. The van der Waals surface area contributed by atoms with E-state index < -0.39 is 0 Å². The highest BCUT2D eigenvalue weighted by atomic mass is 32.1. The minimum absolute atomic E-state index is 0.0880. The first-order chi connectivity index (χ1) is 16.8. The molecule has 0 unspecified atom stereocenters. The number of urea groups is 1. The average molecular weight is 496 g/mol. The van der Waals surface area contributed by atoms with Crippen LogP contribution in [0.2, 0.25) is 0 Å². The largest absolute Gasteiger partial charge is 0.364 e. The summed E-state index contributed by atoms with van der Waals surface area (Å²) in [6, 6.07) is 8.78. The molecule has 0 radical (unpaired) electrons. The van der Waals surface area contributed by atoms with Gasteiger partial charge in [-0.1, -0.05) is 54.9 Å². The molecular weight excluding hydrogens is 458 g/mol. The van der Waals surface area contributed by atoms with Gasteiger partial charge in [0.15, 0.2) is 5.82 Å². The van der Waals surface area contributed by atoms with Crippen molar-refractivity contribution in [1.29, 1.82) is 0 Å². The maximum Gasteiger partial charge on any atom is 0.317 e. The van der Waals surface area contributed by atoms with Crippen LogP contribution in [0.5, 0.6) is 0 Å². The van der Waals surface area contributed by atoms with Crippen LogP contribution < -0.4 is 15.5 Å². The highest BCUT2D eigenvalue weighted by molar-refractivity contribution is 7.20. The molecule has 2 fully saturated rings. The van der Waals surface area contributed by atoms with E-state index in [1.165, 1.54) is 24.8 Å². The van der Waals surface area contributed by atoms with Crippen molar-refractivity contribution in [3.63, 3.8) is 0 Å². The summed E-state index contributed by atoms with van der Waals surface area (Å²) < 4.78 is 1.95. The van der Waals surface area contributed by atoms with Crippen LogP contribution in [0.4, 0.5) is 15.7 Å². The first-order valence-corrected chi connectivity index (χ1v) is 13.6. The van der Waals surface area contributed by atoms with Crippen molar-refractivity contribution in [2.75, 3.05) is 36.4 Å². The van der Waals surface area contributed by atoms with Crippen LogP contribution >= 0.6 is 11.3 Å². The summed E-state index contributed by atoms with van der Waals surface area (Å²) in [4.78, 5) is 22.9. The van der Waals surface area contributed by atoms with Crippen molar-refractivity contribution in [2.45, 2.75) is 71.4 Å². The number of carbonyl (C=O) groups excluding carboxylic acids is 1. The summed E-state index contributed by atoms with van der Waals surface area (Å²) in [5.41, 5.74) is 3.12. The number of carbonyl (C=O) groups is 1. The SMILES string of the molecule is Cc1ccccc1-c1nc2sc(N3CCN(C(=O)NC4CCCCC4)CC3)nn2c1NC(C)(C)C. The maximum absolute atomic E-state index is 12.7. The number of amides is 2. The van der Waals surface area contributed by atoms with Crippen molar-refractivity contribution >= 4 is 33.3 Å². The number of nitrogens with zero attached hydrogens (tertiary/aromatic N) is 5. The third-order valence-corrected chi connectivity index (χ3v) is 7.83. The van der Waals surface area contributed by atoms with Gasteiger partial charge < -0.3 is 20.4 Å². The molecule has 188 valence electrons. The lowest BCUT2D eigenvalue weighted by atomic mass is 9.96. The van der Waals surface area contributed by atoms with Crippen LogP contribution in [-0.4, -0.2) is 63.3 Å². The first kappa shape index (κ1) is 23.9. The molecule has 3 aromatic rings. The molecule has 5 rings (SSSR count). The lowest BCUT2D eigenvalue weighted by Crippen LogP contribution is -2.53. The van der Waals surface area contributed by atoms with Gasteiger partial charge in [0, 0.05) is 43.3 Å². The van der Waals surface area contributed by atoms with Gasteiger partial charge in [0.05, 0.1) is 0 Å². The summed E-state index contributed by atoms with van der Waals surface area (Å²) in [5.74, 6) is 0.926. The van der Waals surface area contributed by atoms with E-state index >= 15 is 0 Å². The third kappa shape index (κ3) is 5.24. The standard InChI is InChI=1S/C26H37N7OS/c1-18-10-8-9-13-20(18)21-22(29-26(2,3)4)33-24(28-21)35-25(30-33)32-16-14-31(15-17-32)23(34)27-19-11-6-5-7-12-19/h8-10,13,19,29H,5-7,11-12,14-17H2,1-4H3,(H,27,34). The van der Waals surface area contributed by atoms with Gasteiger partial charge in [-0.05, 0) is 46.1 Å². The Bertz CT molecular complexity index is 1180. The minimum Gasteiger partial charge on any atom is -0.364 e. The van der Waals surface area contributed by atoms with Crippen molar-refractivity contribution in [3.05, 3.63) is 29.8 Å². The number of aryl methyl sites for hydroxylation is 1. The Balaban J connectivity index is 1.33. The zero-order valence-electron chi connectivity index (χ0n) is 21.3. The summed E-state index contributed by atoms with van der Waals surface area (Å²) in [6.07, 6.45) is 5.96. The van der Waals surface area contributed by atoms with Gasteiger partial charge in [-0.3, -0.25) is 0 Å². The van der Waals surface area contributed by atoms with E-state index in [4.69, 9.17) is 10.1 Å². The van der Waals surface area contributed by atoms with Crippen molar-refractivity contribution in [1.82, 2.24) is 24.8 Å². The maximum atomic E-state index is 12.7. The molecule has 1 aliphatic heterocycles. The molecule has 2 aromatic heterocycles. The van der Waals surface area contributed by atoms with E-state index in [1.54, 1.807) is 11.3 Å². The predicted octanol–water partition coefficient (Wildman–Crippen LogP) is 5.14. The van der Waals surface area contributed by atoms with Crippen molar-refractivity contribution in [3.8, 4) is 11.3 Å². The van der Waals surface area contributed by atoms with Gasteiger partial charge in [0.25, 0.3) is 0 Å². The normalized spacial score (nSPS) is 17.7. The smallest absolute Gasteiger partial charge is 0.317 e. The van der Waals surface area contributed by atoms with E-state index in [-0.39, 0.29) is 11.6 Å². The Kier molecular flexibility index (Phi) is 6.61. The van der Waals surface area contributed by atoms with Crippen LogP contribution in [0.3, 0.4) is 0 Å². The number of aromatic nitrogens is 3. The highest BCUT2D eigenvalue weighted by Gasteiger charge is 2.28. The number of hydrogen-bond donors (Lipinski definition) is 2. The molecule has 35 heavy (non-hydrogen) atoms. The number of nitrogens with one attached hydrogen (secondary N) is 2. The molecule has 9 heteroatoms. The van der Waals surface area contributed by atoms with Crippen molar-refractivity contribution in [2.24, 2.45) is 0 Å². The zero-order chi connectivity index (χ0) is 24.6. The molecule has 3 heterocycles. The van der Waals surface area contributed by atoms with Crippen LogP contribution in [-0.2, 0) is 0 Å². The Labute approximate surface area is 211 Å². The fraction of sp³-hybridized carbons (Fsp3) is 0.577. The van der Waals surface area contributed by atoms with E-state index in [2.05, 4.69) is 67.5 Å². The molecule has 1 aliphatic carbocycles. The Hall–Kier alpha value is -2.81. The molecule has 0 spiro atoms. The lowest BCUT2D eigenvalue weighted by molar-refractivity contribution is 0.186. The Morgan fingerprint density at radius 2 is 1.77 bits per heavy atom. The number of imidazole rings is 1. The van der Waals surface area contributed by atoms with Crippen LogP contribution in [0.15, 0.2) is 24.3 Å². The van der Waals surface area contributed by atoms with Crippen LogP contribution in [0.1, 0.15) is 58.4 Å². The summed E-state index contributed by atoms with van der Waals surface area (Å²) in [6.45, 7) is 11.6. The second kappa shape index (κ2) is 9.68. The molecule has 1 aromatic carbocycles. The fourth-order valence-electron chi connectivity index (χ4n) is 4.97. The number of hydrogen-bond acceptors (Lipinski definition) is 6. The molecule has 0 bridgehead atoms.